The van der Waals surface area contributed by atoms with E-state index >= 15 is 0 Å². The first kappa shape index (κ1) is 15.5. The molecule has 0 radical (unpaired) electrons. The van der Waals surface area contributed by atoms with E-state index in [1.54, 1.807) is 24.3 Å². The fraction of sp³-hybridized carbons (Fsp3) is 0.143. The smallest absolute Gasteiger partial charge is 0.258 e. The zero-order chi connectivity index (χ0) is 15.2. The highest BCUT2D eigenvalue weighted by Gasteiger charge is 2.14. The van der Waals surface area contributed by atoms with Crippen molar-refractivity contribution in [2.75, 3.05) is 6.61 Å². The zero-order valence-electron chi connectivity index (χ0n) is 11.3. The van der Waals surface area contributed by atoms with Gasteiger partial charge < -0.3 is 0 Å². The molecule has 108 valence electrons. The summed E-state index contributed by atoms with van der Waals surface area (Å²) in [6.07, 6.45) is 0. The molecular formula is C14H13NO4PS+. The van der Waals surface area contributed by atoms with Crippen molar-refractivity contribution < 1.29 is 14.0 Å². The molecule has 2 rings (SSSR count). The first-order valence-corrected chi connectivity index (χ1v) is 8.42. The minimum atomic E-state index is -1.32. The van der Waals surface area contributed by atoms with Gasteiger partial charge in [0.05, 0.1) is 4.92 Å². The van der Waals surface area contributed by atoms with Crippen molar-refractivity contribution in [2.24, 2.45) is 0 Å². The molecule has 0 saturated carbocycles. The van der Waals surface area contributed by atoms with Gasteiger partial charge in [0.15, 0.2) is 5.75 Å². The van der Waals surface area contributed by atoms with Gasteiger partial charge in [-0.3, -0.25) is 14.6 Å². The summed E-state index contributed by atoms with van der Waals surface area (Å²) < 4.78 is 10.7. The van der Waals surface area contributed by atoms with E-state index in [1.165, 1.54) is 12.1 Å². The number of hydrogen-bond acceptors (Lipinski definition) is 5. The molecule has 2 aromatic carbocycles. The van der Waals surface area contributed by atoms with Crippen molar-refractivity contribution in [3.05, 3.63) is 58.6 Å². The third kappa shape index (κ3) is 4.29. The van der Waals surface area contributed by atoms with E-state index < -0.39 is 12.1 Å². The van der Waals surface area contributed by atoms with Crippen LogP contribution in [0, 0.1) is 10.1 Å². The second-order valence-electron chi connectivity index (χ2n) is 4.06. The van der Waals surface area contributed by atoms with E-state index in [9.17, 15) is 10.1 Å². The van der Waals surface area contributed by atoms with Crippen molar-refractivity contribution in [1.82, 2.24) is 0 Å². The van der Waals surface area contributed by atoms with Crippen LogP contribution < -0.4 is 4.52 Å². The second kappa shape index (κ2) is 7.22. The number of hydrogen-bond donors (Lipinski definition) is 0. The van der Waals surface area contributed by atoms with Crippen LogP contribution in [0.1, 0.15) is 6.92 Å². The Labute approximate surface area is 128 Å². The number of benzene rings is 2. The molecule has 2 aromatic rings. The van der Waals surface area contributed by atoms with E-state index in [1.807, 2.05) is 19.1 Å². The highest BCUT2D eigenvalue weighted by atomic mass is 32.4. The third-order valence-corrected chi connectivity index (χ3v) is 4.05. The van der Waals surface area contributed by atoms with Crippen LogP contribution in [-0.4, -0.2) is 11.5 Å². The van der Waals surface area contributed by atoms with Gasteiger partial charge in [0.25, 0.3) is 5.69 Å². The van der Waals surface area contributed by atoms with Crippen LogP contribution in [0.4, 0.5) is 5.69 Å². The Morgan fingerprint density at radius 1 is 1.10 bits per heavy atom. The summed E-state index contributed by atoms with van der Waals surface area (Å²) in [6, 6.07) is 13.8. The lowest BCUT2D eigenvalue weighted by Gasteiger charge is -2.02. The van der Waals surface area contributed by atoms with E-state index in [2.05, 4.69) is 0 Å². The summed E-state index contributed by atoms with van der Waals surface area (Å²) in [5, 5.41) is 10.6. The quantitative estimate of drug-likeness (QED) is 0.447. The minimum absolute atomic E-state index is 0.0761. The SMILES string of the molecule is CCO[P+](=S)Oc1ccc(-c2ccc([N+](=O)[O-])cc2)cc1. The van der Waals surface area contributed by atoms with E-state index in [0.29, 0.717) is 12.4 Å². The number of rotatable bonds is 6. The largest absolute Gasteiger partial charge is 0.573 e. The average molecular weight is 322 g/mol. The van der Waals surface area contributed by atoms with Crippen LogP contribution in [0.3, 0.4) is 0 Å². The van der Waals surface area contributed by atoms with Gasteiger partial charge in [-0.2, -0.15) is 0 Å². The molecule has 0 aliphatic heterocycles. The lowest BCUT2D eigenvalue weighted by Crippen LogP contribution is -1.88. The summed E-state index contributed by atoms with van der Waals surface area (Å²) in [4.78, 5) is 10.2. The lowest BCUT2D eigenvalue weighted by atomic mass is 10.1. The number of nitro groups is 1. The van der Waals surface area contributed by atoms with Crippen LogP contribution >= 0.6 is 7.15 Å². The summed E-state index contributed by atoms with van der Waals surface area (Å²) in [6.45, 7) is 2.39. The van der Waals surface area contributed by atoms with Crippen molar-refractivity contribution in [2.45, 2.75) is 6.92 Å². The summed E-state index contributed by atoms with van der Waals surface area (Å²) in [5.41, 5.74) is 1.92. The molecule has 0 heterocycles. The molecule has 0 N–H and O–H groups in total. The van der Waals surface area contributed by atoms with Crippen molar-refractivity contribution in [1.29, 1.82) is 0 Å². The van der Waals surface area contributed by atoms with E-state index in [-0.39, 0.29) is 5.69 Å². The molecule has 0 aliphatic rings. The Bertz CT molecular complexity index is 643. The fourth-order valence-corrected chi connectivity index (χ4v) is 2.83. The predicted molar refractivity (Wildman–Crippen MR) is 85.1 cm³/mol. The summed E-state index contributed by atoms with van der Waals surface area (Å²) in [7, 11) is -1.32. The third-order valence-electron chi connectivity index (χ3n) is 2.68. The van der Waals surface area contributed by atoms with Gasteiger partial charge in [-0.25, -0.2) is 0 Å². The Balaban J connectivity index is 2.11. The van der Waals surface area contributed by atoms with Crippen LogP contribution in [0.5, 0.6) is 5.75 Å². The van der Waals surface area contributed by atoms with E-state index in [0.717, 1.165) is 11.1 Å². The molecule has 7 heteroatoms. The highest BCUT2D eigenvalue weighted by molar-refractivity contribution is 8.00. The first-order valence-electron chi connectivity index (χ1n) is 6.23. The second-order valence-corrected chi connectivity index (χ2v) is 5.84. The van der Waals surface area contributed by atoms with Crippen molar-refractivity contribution >= 4 is 24.6 Å². The molecule has 21 heavy (non-hydrogen) atoms. The van der Waals surface area contributed by atoms with Crippen LogP contribution in [0.25, 0.3) is 11.1 Å². The molecule has 0 aliphatic carbocycles. The van der Waals surface area contributed by atoms with Gasteiger partial charge >= 0.3 is 7.15 Å². The highest BCUT2D eigenvalue weighted by Crippen LogP contribution is 2.30. The number of non-ortho nitro benzene ring substituents is 1. The molecule has 0 saturated heterocycles. The topological polar surface area (TPSA) is 61.6 Å². The van der Waals surface area contributed by atoms with Crippen molar-refractivity contribution in [3.8, 4) is 16.9 Å². The zero-order valence-corrected chi connectivity index (χ0v) is 13.0. The monoisotopic (exact) mass is 322 g/mol. The fourth-order valence-electron chi connectivity index (χ4n) is 1.70. The molecule has 0 amide bonds. The maximum atomic E-state index is 10.6. The van der Waals surface area contributed by atoms with Crippen molar-refractivity contribution in [3.63, 3.8) is 0 Å². The maximum absolute atomic E-state index is 10.6. The summed E-state index contributed by atoms with van der Waals surface area (Å²) in [5.74, 6) is 0.648. The van der Waals surface area contributed by atoms with Gasteiger partial charge in [0, 0.05) is 12.1 Å². The molecule has 0 bridgehead atoms. The number of nitro benzene ring substituents is 1. The molecule has 5 nitrogen and oxygen atoms in total. The Morgan fingerprint density at radius 2 is 1.62 bits per heavy atom. The molecule has 1 atom stereocenters. The Hall–Kier alpha value is -1.88. The molecule has 0 spiro atoms. The van der Waals surface area contributed by atoms with Gasteiger partial charge in [-0.05, 0) is 42.3 Å². The minimum Gasteiger partial charge on any atom is -0.258 e. The van der Waals surface area contributed by atoms with Gasteiger partial charge in [-0.1, -0.05) is 12.1 Å². The van der Waals surface area contributed by atoms with Crippen LogP contribution in [0.2, 0.25) is 0 Å². The van der Waals surface area contributed by atoms with Gasteiger partial charge in [0.1, 0.15) is 6.61 Å². The predicted octanol–water partition coefficient (Wildman–Crippen LogP) is 4.45. The van der Waals surface area contributed by atoms with Gasteiger partial charge in [-0.15, -0.1) is 4.52 Å². The molecule has 1 unspecified atom stereocenters. The Kier molecular flexibility index (Phi) is 5.33. The Morgan fingerprint density at radius 3 is 2.10 bits per heavy atom. The lowest BCUT2D eigenvalue weighted by molar-refractivity contribution is -0.384. The molecule has 0 fully saturated rings. The molecular weight excluding hydrogens is 309 g/mol. The van der Waals surface area contributed by atoms with Gasteiger partial charge in [0.2, 0.25) is 11.8 Å². The average Bonchev–Trinajstić information content (AvgIpc) is 2.48. The van der Waals surface area contributed by atoms with E-state index in [4.69, 9.17) is 20.9 Å². The summed E-state index contributed by atoms with van der Waals surface area (Å²) >= 11 is 5.04. The maximum Gasteiger partial charge on any atom is 0.573 e. The normalized spacial score (nSPS) is 11.0. The van der Waals surface area contributed by atoms with Crippen LogP contribution in [0.15, 0.2) is 48.5 Å². The first-order chi connectivity index (χ1) is 10.1. The number of nitrogens with zero attached hydrogens (tertiary/aromatic N) is 1. The van der Waals surface area contributed by atoms with Crippen LogP contribution in [-0.2, 0) is 16.3 Å². The standard InChI is InChI=1S/C14H13NO4PS/c1-2-18-20(21)19-14-9-5-12(6-10-14)11-3-7-13(8-4-11)15(16)17/h3-10H,2H2,1H3/q+1. The molecule has 0 aromatic heterocycles.